The number of thiazole rings is 1. The molecule has 6 nitrogen and oxygen atoms in total. The first-order valence-corrected chi connectivity index (χ1v) is 6.96. The highest BCUT2D eigenvalue weighted by Crippen LogP contribution is 2.21. The number of carbonyl (C=O) groups is 2. The molecule has 2 amide bonds. The number of aliphatic carboxylic acids is 1. The number of carbonyl (C=O) groups excluding carboxylic acids is 1. The zero-order valence-corrected chi connectivity index (χ0v) is 11.8. The summed E-state index contributed by atoms with van der Waals surface area (Å²) in [4.78, 5) is 31.2. The van der Waals surface area contributed by atoms with E-state index in [1.807, 2.05) is 6.92 Å². The van der Waals surface area contributed by atoms with E-state index in [2.05, 4.69) is 4.98 Å². The van der Waals surface area contributed by atoms with Crippen LogP contribution in [-0.2, 0) is 11.3 Å². The molecular weight excluding hydrogens is 266 g/mol. The minimum atomic E-state index is -0.800. The third kappa shape index (κ3) is 3.23. The Balaban J connectivity index is 1.81. The smallest absolute Gasteiger partial charge is 0.320 e. The largest absolute Gasteiger partial charge is 0.481 e. The molecule has 1 aromatic rings. The maximum absolute atomic E-state index is 12.1. The van der Waals surface area contributed by atoms with E-state index >= 15 is 0 Å². The second-order valence-electron chi connectivity index (χ2n) is 4.87. The molecule has 1 aliphatic heterocycles. The van der Waals surface area contributed by atoms with Gasteiger partial charge in [-0.15, -0.1) is 11.3 Å². The third-order valence-corrected chi connectivity index (χ3v) is 4.16. The molecule has 0 spiro atoms. The summed E-state index contributed by atoms with van der Waals surface area (Å²) in [5.74, 6) is -0.703. The van der Waals surface area contributed by atoms with E-state index in [4.69, 9.17) is 5.11 Å². The van der Waals surface area contributed by atoms with Crippen molar-refractivity contribution < 1.29 is 14.7 Å². The minimum absolute atomic E-state index is 0.0468. The third-order valence-electron chi connectivity index (χ3n) is 3.24. The molecule has 0 unspecified atom stereocenters. The molecule has 104 valence electrons. The Morgan fingerprint density at radius 2 is 2.26 bits per heavy atom. The highest BCUT2D eigenvalue weighted by molar-refractivity contribution is 7.09. The van der Waals surface area contributed by atoms with Crippen molar-refractivity contribution in [2.45, 2.75) is 19.9 Å². The lowest BCUT2D eigenvalue weighted by atomic mass is 9.97. The van der Waals surface area contributed by atoms with Gasteiger partial charge in [-0.25, -0.2) is 9.78 Å². The molecule has 19 heavy (non-hydrogen) atoms. The highest BCUT2D eigenvalue weighted by Gasteiger charge is 2.33. The van der Waals surface area contributed by atoms with Crippen LogP contribution in [0.4, 0.5) is 4.79 Å². The van der Waals surface area contributed by atoms with Crippen molar-refractivity contribution in [3.05, 3.63) is 16.1 Å². The molecule has 0 saturated carbocycles. The molecule has 0 aliphatic carbocycles. The van der Waals surface area contributed by atoms with Crippen LogP contribution in [0.25, 0.3) is 0 Å². The Hall–Kier alpha value is -1.63. The number of rotatable bonds is 4. The SMILES string of the molecule is Cc1ncsc1CN(C)C(=O)N1CC(CC(=O)O)C1. The molecule has 1 aromatic heterocycles. The normalized spacial score (nSPS) is 15.2. The topological polar surface area (TPSA) is 73.7 Å². The molecule has 1 N–H and O–H groups in total. The van der Waals surface area contributed by atoms with Crippen molar-refractivity contribution in [2.24, 2.45) is 5.92 Å². The average Bonchev–Trinajstić information content (AvgIpc) is 2.68. The van der Waals surface area contributed by atoms with Gasteiger partial charge in [-0.05, 0) is 6.92 Å². The predicted molar refractivity (Wildman–Crippen MR) is 71.0 cm³/mol. The number of nitrogens with zero attached hydrogens (tertiary/aromatic N) is 3. The van der Waals surface area contributed by atoms with Crippen molar-refractivity contribution in [1.82, 2.24) is 14.8 Å². The average molecular weight is 283 g/mol. The fraction of sp³-hybridized carbons (Fsp3) is 0.583. The Kier molecular flexibility index (Phi) is 4.04. The molecule has 0 bridgehead atoms. The van der Waals surface area contributed by atoms with E-state index in [1.165, 1.54) is 0 Å². The van der Waals surface area contributed by atoms with Crippen LogP contribution in [-0.4, -0.2) is 52.0 Å². The van der Waals surface area contributed by atoms with Gasteiger partial charge < -0.3 is 14.9 Å². The zero-order chi connectivity index (χ0) is 14.0. The lowest BCUT2D eigenvalue weighted by Gasteiger charge is -2.40. The first-order chi connectivity index (χ1) is 8.97. The molecule has 2 heterocycles. The summed E-state index contributed by atoms with van der Waals surface area (Å²) in [7, 11) is 1.76. The van der Waals surface area contributed by atoms with E-state index in [0.29, 0.717) is 19.6 Å². The maximum Gasteiger partial charge on any atom is 0.320 e. The number of carboxylic acids is 1. The van der Waals surface area contributed by atoms with Gasteiger partial charge in [-0.1, -0.05) is 0 Å². The first-order valence-electron chi connectivity index (χ1n) is 6.08. The number of urea groups is 1. The van der Waals surface area contributed by atoms with Gasteiger partial charge in [0, 0.05) is 30.9 Å². The number of carboxylic acid groups (broad SMARTS) is 1. The summed E-state index contributed by atoms with van der Waals surface area (Å²) in [5.41, 5.74) is 2.73. The van der Waals surface area contributed by atoms with Crippen LogP contribution in [0.1, 0.15) is 17.0 Å². The van der Waals surface area contributed by atoms with Crippen LogP contribution in [0.5, 0.6) is 0 Å². The van der Waals surface area contributed by atoms with Crippen molar-refractivity contribution in [1.29, 1.82) is 0 Å². The number of aromatic nitrogens is 1. The molecule has 2 rings (SSSR count). The Labute approximate surface area is 115 Å². The number of aryl methyl sites for hydroxylation is 1. The second kappa shape index (κ2) is 5.56. The van der Waals surface area contributed by atoms with Gasteiger partial charge in [-0.3, -0.25) is 4.79 Å². The van der Waals surface area contributed by atoms with Gasteiger partial charge >= 0.3 is 12.0 Å². The maximum atomic E-state index is 12.1. The lowest BCUT2D eigenvalue weighted by Crippen LogP contribution is -2.54. The van der Waals surface area contributed by atoms with Gasteiger partial charge in [0.15, 0.2) is 0 Å². The van der Waals surface area contributed by atoms with Gasteiger partial charge in [0.05, 0.1) is 24.2 Å². The number of hydrogen-bond acceptors (Lipinski definition) is 4. The van der Waals surface area contributed by atoms with Crippen LogP contribution in [0.15, 0.2) is 5.51 Å². The molecule has 1 fully saturated rings. The summed E-state index contributed by atoms with van der Waals surface area (Å²) < 4.78 is 0. The molecule has 7 heteroatoms. The minimum Gasteiger partial charge on any atom is -0.481 e. The summed E-state index contributed by atoms with van der Waals surface area (Å²) >= 11 is 1.54. The van der Waals surface area contributed by atoms with Crippen LogP contribution in [0.2, 0.25) is 0 Å². The molecule has 1 aliphatic rings. The highest BCUT2D eigenvalue weighted by atomic mass is 32.1. The van der Waals surface area contributed by atoms with Crippen molar-refractivity contribution in [3.8, 4) is 0 Å². The number of hydrogen-bond donors (Lipinski definition) is 1. The Morgan fingerprint density at radius 3 is 2.79 bits per heavy atom. The molecule has 0 radical (unpaired) electrons. The number of amides is 2. The van der Waals surface area contributed by atoms with E-state index in [1.54, 1.807) is 33.7 Å². The quantitative estimate of drug-likeness (QED) is 0.906. The van der Waals surface area contributed by atoms with Crippen molar-refractivity contribution in [2.75, 3.05) is 20.1 Å². The van der Waals surface area contributed by atoms with Crippen molar-refractivity contribution >= 4 is 23.3 Å². The van der Waals surface area contributed by atoms with Crippen LogP contribution in [0, 0.1) is 12.8 Å². The molecule has 0 atom stereocenters. The standard InChI is InChI=1S/C12H17N3O3S/c1-8-10(19-7-13-8)6-14(2)12(18)15-4-9(5-15)3-11(16)17/h7,9H,3-6H2,1-2H3,(H,16,17). The fourth-order valence-corrected chi connectivity index (χ4v) is 2.93. The monoisotopic (exact) mass is 283 g/mol. The van der Waals surface area contributed by atoms with E-state index in [0.717, 1.165) is 10.6 Å². The Bertz CT molecular complexity index is 482. The van der Waals surface area contributed by atoms with Crippen molar-refractivity contribution in [3.63, 3.8) is 0 Å². The summed E-state index contributed by atoms with van der Waals surface area (Å²) in [6.45, 7) is 3.56. The van der Waals surface area contributed by atoms with Crippen LogP contribution in [0.3, 0.4) is 0 Å². The van der Waals surface area contributed by atoms with Gasteiger partial charge in [0.1, 0.15) is 0 Å². The fourth-order valence-electron chi connectivity index (χ4n) is 2.10. The molecule has 0 aromatic carbocycles. The van der Waals surface area contributed by atoms with E-state index in [-0.39, 0.29) is 18.4 Å². The number of likely N-dealkylation sites (tertiary alicyclic amines) is 1. The van der Waals surface area contributed by atoms with E-state index in [9.17, 15) is 9.59 Å². The van der Waals surface area contributed by atoms with Gasteiger partial charge in [0.25, 0.3) is 0 Å². The second-order valence-corrected chi connectivity index (χ2v) is 5.81. The summed E-state index contributed by atoms with van der Waals surface area (Å²) in [5, 5.41) is 8.67. The van der Waals surface area contributed by atoms with Gasteiger partial charge in [-0.2, -0.15) is 0 Å². The summed E-state index contributed by atoms with van der Waals surface area (Å²) in [6, 6.07) is -0.0468. The van der Waals surface area contributed by atoms with Crippen LogP contribution < -0.4 is 0 Å². The lowest BCUT2D eigenvalue weighted by molar-refractivity contribution is -0.139. The Morgan fingerprint density at radius 1 is 1.58 bits per heavy atom. The molecular formula is C12H17N3O3S. The van der Waals surface area contributed by atoms with Gasteiger partial charge in [0.2, 0.25) is 0 Å². The molecule has 1 saturated heterocycles. The summed E-state index contributed by atoms with van der Waals surface area (Å²) in [6.07, 6.45) is 0.140. The van der Waals surface area contributed by atoms with E-state index < -0.39 is 5.97 Å². The zero-order valence-electron chi connectivity index (χ0n) is 11.0. The first kappa shape index (κ1) is 13.8. The van der Waals surface area contributed by atoms with Crippen LogP contribution >= 0.6 is 11.3 Å². The predicted octanol–water partition coefficient (Wildman–Crippen LogP) is 1.41.